The van der Waals surface area contributed by atoms with Crippen molar-refractivity contribution in [3.8, 4) is 0 Å². The highest BCUT2D eigenvalue weighted by molar-refractivity contribution is 9.10. The molecule has 0 bridgehead atoms. The van der Waals surface area contributed by atoms with Gasteiger partial charge < -0.3 is 5.11 Å². The van der Waals surface area contributed by atoms with Gasteiger partial charge in [-0.25, -0.2) is 0 Å². The van der Waals surface area contributed by atoms with Crippen LogP contribution in [0.15, 0.2) is 45.6 Å². The summed E-state index contributed by atoms with van der Waals surface area (Å²) in [5.74, 6) is 0. The standard InChI is InChI=1S/C11H9BrOS/c12-10-7-14-6-9(10)11(13)8-4-2-1-3-5-8/h1-7,11,13H. The lowest BCUT2D eigenvalue weighted by atomic mass is 10.1. The molecule has 0 saturated heterocycles. The molecule has 0 amide bonds. The molecule has 1 N–H and O–H groups in total. The summed E-state index contributed by atoms with van der Waals surface area (Å²) in [6, 6.07) is 9.65. The number of aliphatic hydroxyl groups excluding tert-OH is 1. The summed E-state index contributed by atoms with van der Waals surface area (Å²) in [5, 5.41) is 14.0. The van der Waals surface area contributed by atoms with Crippen molar-refractivity contribution in [2.24, 2.45) is 0 Å². The average molecular weight is 269 g/mol. The molecule has 3 heteroatoms. The fraction of sp³-hybridized carbons (Fsp3) is 0.0909. The van der Waals surface area contributed by atoms with E-state index in [-0.39, 0.29) is 0 Å². The van der Waals surface area contributed by atoms with Gasteiger partial charge in [-0.2, -0.15) is 11.3 Å². The second-order valence-corrected chi connectivity index (χ2v) is 4.59. The second-order valence-electron chi connectivity index (χ2n) is 2.99. The van der Waals surface area contributed by atoms with Gasteiger partial charge in [0, 0.05) is 15.4 Å². The van der Waals surface area contributed by atoms with Crippen molar-refractivity contribution in [1.82, 2.24) is 0 Å². The van der Waals surface area contributed by atoms with Crippen LogP contribution in [0.2, 0.25) is 0 Å². The Labute approximate surface area is 95.2 Å². The van der Waals surface area contributed by atoms with E-state index >= 15 is 0 Å². The van der Waals surface area contributed by atoms with E-state index < -0.39 is 6.10 Å². The molecule has 1 atom stereocenters. The van der Waals surface area contributed by atoms with Gasteiger partial charge in [0.25, 0.3) is 0 Å². The third-order valence-electron chi connectivity index (χ3n) is 2.05. The van der Waals surface area contributed by atoms with Crippen LogP contribution >= 0.6 is 27.3 Å². The van der Waals surface area contributed by atoms with Crippen molar-refractivity contribution in [2.75, 3.05) is 0 Å². The number of hydrogen-bond donors (Lipinski definition) is 1. The van der Waals surface area contributed by atoms with Crippen molar-refractivity contribution in [1.29, 1.82) is 0 Å². The SMILES string of the molecule is OC(c1ccccc1)c1cscc1Br. The minimum absolute atomic E-state index is 0.531. The maximum Gasteiger partial charge on any atom is 0.106 e. The second kappa shape index (κ2) is 4.26. The van der Waals surface area contributed by atoms with Crippen LogP contribution in [0.3, 0.4) is 0 Å². The summed E-state index contributed by atoms with van der Waals surface area (Å²) in [6.07, 6.45) is -0.531. The van der Waals surface area contributed by atoms with Crippen molar-refractivity contribution >= 4 is 27.3 Å². The molecular weight excluding hydrogens is 260 g/mol. The van der Waals surface area contributed by atoms with Gasteiger partial charge in [0.2, 0.25) is 0 Å². The third-order valence-corrected chi connectivity index (χ3v) is 3.80. The molecule has 2 rings (SSSR count). The first-order valence-corrected chi connectivity index (χ1v) is 5.97. The minimum atomic E-state index is -0.531. The Balaban J connectivity index is 2.34. The van der Waals surface area contributed by atoms with E-state index in [2.05, 4.69) is 15.9 Å². The Morgan fingerprint density at radius 2 is 1.86 bits per heavy atom. The summed E-state index contributed by atoms with van der Waals surface area (Å²) in [5.41, 5.74) is 1.85. The van der Waals surface area contributed by atoms with Crippen LogP contribution in [0, 0.1) is 0 Å². The molecule has 2 aromatic rings. The molecule has 0 aliphatic carbocycles. The molecule has 0 radical (unpaired) electrons. The molecule has 0 aliphatic heterocycles. The van der Waals surface area contributed by atoms with E-state index in [1.807, 2.05) is 41.1 Å². The fourth-order valence-corrected chi connectivity index (χ4v) is 2.83. The molecule has 1 unspecified atom stereocenters. The van der Waals surface area contributed by atoms with Gasteiger partial charge in [-0.1, -0.05) is 30.3 Å². The van der Waals surface area contributed by atoms with Crippen molar-refractivity contribution in [2.45, 2.75) is 6.10 Å². The maximum atomic E-state index is 10.0. The molecule has 0 saturated carbocycles. The lowest BCUT2D eigenvalue weighted by Gasteiger charge is -2.09. The van der Waals surface area contributed by atoms with E-state index in [0.717, 1.165) is 15.6 Å². The summed E-state index contributed by atoms with van der Waals surface area (Å²) in [6.45, 7) is 0. The summed E-state index contributed by atoms with van der Waals surface area (Å²) in [4.78, 5) is 0. The maximum absolute atomic E-state index is 10.0. The number of aliphatic hydroxyl groups is 1. The Morgan fingerprint density at radius 1 is 1.14 bits per heavy atom. The first-order valence-electron chi connectivity index (χ1n) is 4.23. The van der Waals surface area contributed by atoms with Crippen LogP contribution in [-0.4, -0.2) is 5.11 Å². The lowest BCUT2D eigenvalue weighted by molar-refractivity contribution is 0.220. The zero-order chi connectivity index (χ0) is 9.97. The molecule has 0 fully saturated rings. The molecular formula is C11H9BrOS. The van der Waals surface area contributed by atoms with Crippen LogP contribution in [0.4, 0.5) is 0 Å². The Bertz CT molecular complexity index is 410. The normalized spacial score (nSPS) is 12.7. The molecule has 72 valence electrons. The number of rotatable bonds is 2. The van der Waals surface area contributed by atoms with E-state index in [9.17, 15) is 5.11 Å². The van der Waals surface area contributed by atoms with Gasteiger partial charge >= 0.3 is 0 Å². The van der Waals surface area contributed by atoms with Gasteiger partial charge in [0.15, 0.2) is 0 Å². The molecule has 1 nitrogen and oxygen atoms in total. The lowest BCUT2D eigenvalue weighted by Crippen LogP contribution is -1.97. The van der Waals surface area contributed by atoms with Crippen molar-refractivity contribution in [3.05, 3.63) is 56.7 Å². The summed E-state index contributed by atoms with van der Waals surface area (Å²) >= 11 is 5.00. The Kier molecular flexibility index (Phi) is 3.01. The van der Waals surface area contributed by atoms with Crippen molar-refractivity contribution < 1.29 is 5.11 Å². The van der Waals surface area contributed by atoms with Gasteiger partial charge in [0.1, 0.15) is 6.10 Å². The van der Waals surface area contributed by atoms with Crippen LogP contribution < -0.4 is 0 Å². The number of benzene rings is 1. The number of hydrogen-bond acceptors (Lipinski definition) is 2. The highest BCUT2D eigenvalue weighted by atomic mass is 79.9. The molecule has 1 aromatic carbocycles. The van der Waals surface area contributed by atoms with Crippen LogP contribution in [0.1, 0.15) is 17.2 Å². The molecule has 1 heterocycles. The topological polar surface area (TPSA) is 20.2 Å². The molecule has 0 aliphatic rings. The van der Waals surface area contributed by atoms with Gasteiger partial charge in [0.05, 0.1) is 0 Å². The fourth-order valence-electron chi connectivity index (χ4n) is 1.30. The largest absolute Gasteiger partial charge is 0.384 e. The van der Waals surface area contributed by atoms with E-state index in [1.165, 1.54) is 0 Å². The zero-order valence-electron chi connectivity index (χ0n) is 7.35. The first-order chi connectivity index (χ1) is 6.79. The molecule has 1 aromatic heterocycles. The highest BCUT2D eigenvalue weighted by Gasteiger charge is 2.13. The molecule has 14 heavy (non-hydrogen) atoms. The Hall–Kier alpha value is -0.640. The van der Waals surface area contributed by atoms with Crippen LogP contribution in [0.25, 0.3) is 0 Å². The number of thiophene rings is 1. The Morgan fingerprint density at radius 3 is 2.43 bits per heavy atom. The number of halogens is 1. The predicted molar refractivity (Wildman–Crippen MR) is 62.5 cm³/mol. The monoisotopic (exact) mass is 268 g/mol. The average Bonchev–Trinajstić information content (AvgIpc) is 2.65. The third kappa shape index (κ3) is 1.90. The van der Waals surface area contributed by atoms with Crippen LogP contribution in [0.5, 0.6) is 0 Å². The first kappa shape index (κ1) is 9.90. The zero-order valence-corrected chi connectivity index (χ0v) is 9.75. The van der Waals surface area contributed by atoms with Crippen molar-refractivity contribution in [3.63, 3.8) is 0 Å². The molecule has 0 spiro atoms. The van der Waals surface area contributed by atoms with E-state index in [1.54, 1.807) is 11.3 Å². The predicted octanol–water partition coefficient (Wildman–Crippen LogP) is 3.59. The summed E-state index contributed by atoms with van der Waals surface area (Å²) in [7, 11) is 0. The van der Waals surface area contributed by atoms with Gasteiger partial charge in [-0.3, -0.25) is 0 Å². The smallest absolute Gasteiger partial charge is 0.106 e. The van der Waals surface area contributed by atoms with E-state index in [0.29, 0.717) is 0 Å². The highest BCUT2D eigenvalue weighted by Crippen LogP contribution is 2.31. The van der Waals surface area contributed by atoms with Crippen LogP contribution in [-0.2, 0) is 0 Å². The minimum Gasteiger partial charge on any atom is -0.384 e. The van der Waals surface area contributed by atoms with Gasteiger partial charge in [-0.05, 0) is 26.9 Å². The summed E-state index contributed by atoms with van der Waals surface area (Å²) < 4.78 is 0.971. The van der Waals surface area contributed by atoms with Gasteiger partial charge in [-0.15, -0.1) is 0 Å². The quantitative estimate of drug-likeness (QED) is 0.883. The van der Waals surface area contributed by atoms with E-state index in [4.69, 9.17) is 0 Å².